The number of sulfonamides is 1. The van der Waals surface area contributed by atoms with Crippen LogP contribution >= 0.6 is 0 Å². The average Bonchev–Trinajstić information content (AvgIpc) is 2.88. The summed E-state index contributed by atoms with van der Waals surface area (Å²) in [5.74, 6) is -1.89. The van der Waals surface area contributed by atoms with Crippen molar-refractivity contribution in [1.82, 2.24) is 9.21 Å². The van der Waals surface area contributed by atoms with Crippen LogP contribution < -0.4 is 14.2 Å². The van der Waals surface area contributed by atoms with E-state index in [1.807, 2.05) is 31.2 Å². The number of fused-ring (bicyclic) bond motifs is 1. The van der Waals surface area contributed by atoms with Crippen molar-refractivity contribution in [1.29, 1.82) is 0 Å². The summed E-state index contributed by atoms with van der Waals surface area (Å²) < 4.78 is 44.2. The van der Waals surface area contributed by atoms with Crippen LogP contribution in [0.15, 0.2) is 47.4 Å². The number of carboxylic acid groups (broad SMARTS) is 2. The van der Waals surface area contributed by atoms with E-state index in [1.165, 1.54) is 10.4 Å². The molecule has 2 aromatic rings. The van der Waals surface area contributed by atoms with Crippen LogP contribution in [-0.4, -0.2) is 104 Å². The van der Waals surface area contributed by atoms with Gasteiger partial charge in [-0.05, 0) is 36.8 Å². The number of β-amino-alcohol motifs (C(OH)–C–C–N with tert-alkyl or cyclic N) is 1. The Labute approximate surface area is 214 Å². The van der Waals surface area contributed by atoms with Gasteiger partial charge in [0.15, 0.2) is 11.5 Å². The summed E-state index contributed by atoms with van der Waals surface area (Å²) in [6.07, 6.45) is -0.651. The number of carboxylic acids is 2. The second kappa shape index (κ2) is 12.7. The number of ether oxygens (including phenoxy) is 3. The van der Waals surface area contributed by atoms with Crippen molar-refractivity contribution in [3.8, 4) is 17.2 Å². The third kappa shape index (κ3) is 8.05. The lowest BCUT2D eigenvalue weighted by Crippen LogP contribution is -2.50. The van der Waals surface area contributed by atoms with Gasteiger partial charge in [-0.3, -0.25) is 4.90 Å². The molecule has 3 N–H and O–H groups in total. The molecule has 2 heterocycles. The summed E-state index contributed by atoms with van der Waals surface area (Å²) in [4.78, 5) is 20.5. The number of benzene rings is 2. The Kier molecular flexibility index (Phi) is 9.69. The van der Waals surface area contributed by atoms with Crippen LogP contribution in [0.2, 0.25) is 0 Å². The number of carbonyl (C=O) groups is 2. The number of piperazine rings is 1. The van der Waals surface area contributed by atoms with Gasteiger partial charge in [0.25, 0.3) is 0 Å². The van der Waals surface area contributed by atoms with Gasteiger partial charge >= 0.3 is 11.9 Å². The molecule has 202 valence electrons. The van der Waals surface area contributed by atoms with Gasteiger partial charge in [-0.25, -0.2) is 18.0 Å². The molecule has 0 saturated carbocycles. The molecule has 2 aliphatic heterocycles. The summed E-state index contributed by atoms with van der Waals surface area (Å²) in [5.41, 5.74) is 1.10. The average molecular weight is 539 g/mol. The first-order valence-corrected chi connectivity index (χ1v) is 13.0. The first kappa shape index (κ1) is 28.2. The largest absolute Gasteiger partial charge is 0.491 e. The van der Waals surface area contributed by atoms with E-state index in [0.717, 1.165) is 11.3 Å². The zero-order valence-electron chi connectivity index (χ0n) is 20.3. The topological polar surface area (TPSA) is 163 Å². The highest BCUT2D eigenvalue weighted by Gasteiger charge is 2.30. The molecule has 0 amide bonds. The van der Waals surface area contributed by atoms with Gasteiger partial charge in [0.1, 0.15) is 31.7 Å². The highest BCUT2D eigenvalue weighted by Crippen LogP contribution is 2.33. The van der Waals surface area contributed by atoms with Crippen molar-refractivity contribution < 1.29 is 47.5 Å². The maximum Gasteiger partial charge on any atom is 0.414 e. The molecule has 1 atom stereocenters. The van der Waals surface area contributed by atoms with Gasteiger partial charge in [-0.2, -0.15) is 4.31 Å². The molecule has 2 aromatic carbocycles. The summed E-state index contributed by atoms with van der Waals surface area (Å²) >= 11 is 0. The monoisotopic (exact) mass is 538 g/mol. The SMILES string of the molecule is Cc1cccc(OCC(O)CN2CCN(S(=O)(=O)c3ccc4c(c3)OCCO4)CC2)c1.O=C(O)C(=O)O. The van der Waals surface area contributed by atoms with E-state index in [0.29, 0.717) is 57.4 Å². The predicted molar refractivity (Wildman–Crippen MR) is 131 cm³/mol. The molecule has 4 rings (SSSR count). The minimum Gasteiger partial charge on any atom is -0.491 e. The number of aliphatic hydroxyl groups excluding tert-OH is 1. The van der Waals surface area contributed by atoms with E-state index in [2.05, 4.69) is 4.90 Å². The molecule has 2 aliphatic rings. The molecule has 0 bridgehead atoms. The summed E-state index contributed by atoms with van der Waals surface area (Å²) in [7, 11) is -3.61. The van der Waals surface area contributed by atoms with E-state index in [1.54, 1.807) is 12.1 Å². The Bertz CT molecular complexity index is 1180. The number of nitrogens with zero attached hydrogens (tertiary/aromatic N) is 2. The summed E-state index contributed by atoms with van der Waals surface area (Å²) in [6.45, 7) is 5.31. The highest BCUT2D eigenvalue weighted by atomic mass is 32.2. The first-order valence-electron chi connectivity index (χ1n) is 11.5. The fourth-order valence-corrected chi connectivity index (χ4v) is 5.17. The zero-order valence-corrected chi connectivity index (χ0v) is 21.1. The standard InChI is InChI=1S/C22H28N2O6S.C2H2O4/c1-17-3-2-4-19(13-17)30-16-18(25)15-23-7-9-24(10-8-23)31(26,27)20-5-6-21-22(14-20)29-12-11-28-21;3-1(4)2(5)6/h2-6,13-14,18,25H,7-12,15-16H2,1H3;(H,3,4)(H,5,6). The molecule has 13 heteroatoms. The molecule has 12 nitrogen and oxygen atoms in total. The number of aliphatic hydroxyl groups is 1. The zero-order chi connectivity index (χ0) is 27.0. The van der Waals surface area contributed by atoms with Crippen LogP contribution in [0.3, 0.4) is 0 Å². The molecular formula is C24H30N2O10S. The van der Waals surface area contributed by atoms with Gasteiger partial charge in [0, 0.05) is 38.8 Å². The Morgan fingerprint density at radius 2 is 1.62 bits per heavy atom. The quantitative estimate of drug-likeness (QED) is 0.425. The maximum atomic E-state index is 13.0. The minimum absolute atomic E-state index is 0.194. The maximum absolute atomic E-state index is 13.0. The van der Waals surface area contributed by atoms with Crippen LogP contribution in [0.1, 0.15) is 5.56 Å². The highest BCUT2D eigenvalue weighted by molar-refractivity contribution is 7.89. The molecule has 0 aromatic heterocycles. The molecular weight excluding hydrogens is 508 g/mol. The van der Waals surface area contributed by atoms with Gasteiger partial charge in [0.05, 0.1) is 4.90 Å². The lowest BCUT2D eigenvalue weighted by atomic mass is 10.2. The molecule has 0 aliphatic carbocycles. The Morgan fingerprint density at radius 1 is 0.973 bits per heavy atom. The molecule has 0 spiro atoms. The predicted octanol–water partition coefficient (Wildman–Crippen LogP) is 0.668. The van der Waals surface area contributed by atoms with Crippen molar-refractivity contribution in [3.05, 3.63) is 48.0 Å². The van der Waals surface area contributed by atoms with E-state index in [4.69, 9.17) is 34.0 Å². The Hall–Kier alpha value is -3.39. The fourth-order valence-electron chi connectivity index (χ4n) is 3.73. The second-order valence-electron chi connectivity index (χ2n) is 8.40. The van der Waals surface area contributed by atoms with Gasteiger partial charge in [0.2, 0.25) is 10.0 Å². The number of aliphatic carboxylic acids is 2. The number of hydrogen-bond donors (Lipinski definition) is 3. The third-order valence-corrected chi connectivity index (χ3v) is 7.46. The van der Waals surface area contributed by atoms with Crippen LogP contribution in [0.4, 0.5) is 0 Å². The second-order valence-corrected chi connectivity index (χ2v) is 10.3. The van der Waals surface area contributed by atoms with Gasteiger partial charge in [-0.15, -0.1) is 0 Å². The van der Waals surface area contributed by atoms with Crippen LogP contribution in [-0.2, 0) is 19.6 Å². The van der Waals surface area contributed by atoms with Crippen molar-refractivity contribution in [2.24, 2.45) is 0 Å². The molecule has 0 radical (unpaired) electrons. The molecule has 1 unspecified atom stereocenters. The van der Waals surface area contributed by atoms with Crippen molar-refractivity contribution in [3.63, 3.8) is 0 Å². The number of rotatable bonds is 7. The Balaban J connectivity index is 0.000000568. The van der Waals surface area contributed by atoms with Crippen molar-refractivity contribution in [2.45, 2.75) is 17.9 Å². The number of hydrogen-bond acceptors (Lipinski definition) is 9. The van der Waals surface area contributed by atoms with Crippen LogP contribution in [0, 0.1) is 6.92 Å². The normalized spacial score (nSPS) is 16.7. The van der Waals surface area contributed by atoms with Crippen LogP contribution in [0.25, 0.3) is 0 Å². The summed E-state index contributed by atoms with van der Waals surface area (Å²) in [5, 5.41) is 25.1. The van der Waals surface area contributed by atoms with Gasteiger partial charge in [-0.1, -0.05) is 12.1 Å². The lowest BCUT2D eigenvalue weighted by molar-refractivity contribution is -0.159. The Morgan fingerprint density at radius 3 is 2.24 bits per heavy atom. The lowest BCUT2D eigenvalue weighted by Gasteiger charge is -2.35. The number of aryl methyl sites for hydroxylation is 1. The fraction of sp³-hybridized carbons (Fsp3) is 0.417. The van der Waals surface area contributed by atoms with E-state index in [9.17, 15) is 13.5 Å². The third-order valence-electron chi connectivity index (χ3n) is 5.57. The first-order chi connectivity index (χ1) is 17.6. The minimum atomic E-state index is -3.61. The van der Waals surface area contributed by atoms with Crippen molar-refractivity contribution >= 4 is 22.0 Å². The van der Waals surface area contributed by atoms with Crippen LogP contribution in [0.5, 0.6) is 17.2 Å². The van der Waals surface area contributed by atoms with E-state index in [-0.39, 0.29) is 11.5 Å². The molecule has 1 fully saturated rings. The molecule has 37 heavy (non-hydrogen) atoms. The molecule has 1 saturated heterocycles. The smallest absolute Gasteiger partial charge is 0.414 e. The van der Waals surface area contributed by atoms with Gasteiger partial charge < -0.3 is 29.5 Å². The van der Waals surface area contributed by atoms with E-state index < -0.39 is 28.1 Å². The summed E-state index contributed by atoms with van der Waals surface area (Å²) in [6, 6.07) is 12.4. The van der Waals surface area contributed by atoms with E-state index >= 15 is 0 Å². The van der Waals surface area contributed by atoms with Crippen molar-refractivity contribution in [2.75, 3.05) is 52.5 Å².